The normalized spacial score (nSPS) is 34.6. The summed E-state index contributed by atoms with van der Waals surface area (Å²) in [6.07, 6.45) is 6.66. The zero-order valence-electron chi connectivity index (χ0n) is 11.3. The lowest BCUT2D eigenvalue weighted by atomic mass is 9.75. The van der Waals surface area contributed by atoms with E-state index >= 15 is 0 Å². The molecule has 2 unspecified atom stereocenters. The van der Waals surface area contributed by atoms with Crippen molar-refractivity contribution < 1.29 is 9.59 Å². The number of nitrogens with two attached hydrogens (primary N) is 1. The SMILES string of the molecule is CC1CCCC(CN)(N2C(=O)CCCCC2=O)C1. The van der Waals surface area contributed by atoms with Crippen LogP contribution in [0.15, 0.2) is 0 Å². The number of likely N-dealkylation sites (tertiary alicyclic amines) is 1. The second-order valence-corrected chi connectivity index (χ2v) is 5.96. The first-order valence-electron chi connectivity index (χ1n) is 7.15. The van der Waals surface area contributed by atoms with Gasteiger partial charge in [0, 0.05) is 19.4 Å². The molecule has 2 rings (SSSR count). The molecule has 2 atom stereocenters. The molecule has 0 aromatic heterocycles. The third kappa shape index (κ3) is 2.44. The highest BCUT2D eigenvalue weighted by Gasteiger charge is 2.44. The van der Waals surface area contributed by atoms with Crippen molar-refractivity contribution >= 4 is 11.8 Å². The Kier molecular flexibility index (Phi) is 4.05. The Balaban J connectivity index is 2.28. The predicted octanol–water partition coefficient (Wildman–Crippen LogP) is 1.82. The molecule has 2 amide bonds. The van der Waals surface area contributed by atoms with Gasteiger partial charge in [-0.3, -0.25) is 14.5 Å². The fourth-order valence-electron chi connectivity index (χ4n) is 3.56. The number of carbonyl (C=O) groups excluding carboxylic acids is 2. The summed E-state index contributed by atoms with van der Waals surface area (Å²) in [6, 6.07) is 0. The summed E-state index contributed by atoms with van der Waals surface area (Å²) in [6.45, 7) is 2.60. The standard InChI is InChI=1S/C14H24N2O2/c1-11-5-4-8-14(9-11,10-15)16-12(17)6-2-3-7-13(16)18/h11H,2-10,15H2,1H3. The number of nitrogens with zero attached hydrogens (tertiary/aromatic N) is 1. The van der Waals surface area contributed by atoms with Gasteiger partial charge in [-0.1, -0.05) is 19.8 Å². The lowest BCUT2D eigenvalue weighted by Crippen LogP contribution is -2.60. The van der Waals surface area contributed by atoms with Crippen LogP contribution in [-0.2, 0) is 9.59 Å². The molecular formula is C14H24N2O2. The number of amides is 2. The quantitative estimate of drug-likeness (QED) is 0.762. The molecule has 1 aliphatic heterocycles. The van der Waals surface area contributed by atoms with Gasteiger partial charge < -0.3 is 5.73 Å². The Morgan fingerprint density at radius 2 is 1.83 bits per heavy atom. The fourth-order valence-corrected chi connectivity index (χ4v) is 3.56. The van der Waals surface area contributed by atoms with E-state index in [0.29, 0.717) is 25.3 Å². The largest absolute Gasteiger partial charge is 0.328 e. The molecule has 4 heteroatoms. The van der Waals surface area contributed by atoms with E-state index in [9.17, 15) is 9.59 Å². The average molecular weight is 252 g/mol. The van der Waals surface area contributed by atoms with Gasteiger partial charge in [0.05, 0.1) is 5.54 Å². The summed E-state index contributed by atoms with van der Waals surface area (Å²) >= 11 is 0. The molecule has 102 valence electrons. The van der Waals surface area contributed by atoms with Crippen molar-refractivity contribution in [3.05, 3.63) is 0 Å². The maximum Gasteiger partial charge on any atom is 0.229 e. The Morgan fingerprint density at radius 3 is 2.33 bits per heavy atom. The van der Waals surface area contributed by atoms with Gasteiger partial charge in [-0.05, 0) is 31.6 Å². The van der Waals surface area contributed by atoms with Crippen LogP contribution in [0, 0.1) is 5.92 Å². The van der Waals surface area contributed by atoms with Gasteiger partial charge in [-0.25, -0.2) is 0 Å². The summed E-state index contributed by atoms with van der Waals surface area (Å²) in [5, 5.41) is 0. The van der Waals surface area contributed by atoms with E-state index < -0.39 is 5.54 Å². The van der Waals surface area contributed by atoms with Gasteiger partial charge in [-0.2, -0.15) is 0 Å². The molecule has 4 nitrogen and oxygen atoms in total. The molecule has 0 bridgehead atoms. The van der Waals surface area contributed by atoms with Gasteiger partial charge in [0.2, 0.25) is 11.8 Å². The molecule has 0 spiro atoms. The van der Waals surface area contributed by atoms with Crippen molar-refractivity contribution in [2.75, 3.05) is 6.54 Å². The summed E-state index contributed by atoms with van der Waals surface area (Å²) in [5.41, 5.74) is 5.57. The summed E-state index contributed by atoms with van der Waals surface area (Å²) < 4.78 is 0. The van der Waals surface area contributed by atoms with Crippen LogP contribution < -0.4 is 5.73 Å². The van der Waals surface area contributed by atoms with Crippen LogP contribution in [-0.4, -0.2) is 28.8 Å². The first-order chi connectivity index (χ1) is 8.59. The lowest BCUT2D eigenvalue weighted by Gasteiger charge is -2.46. The van der Waals surface area contributed by atoms with E-state index in [1.807, 2.05) is 0 Å². The molecule has 1 aliphatic carbocycles. The lowest BCUT2D eigenvalue weighted by molar-refractivity contribution is -0.153. The third-order valence-corrected chi connectivity index (χ3v) is 4.45. The molecule has 18 heavy (non-hydrogen) atoms. The summed E-state index contributed by atoms with van der Waals surface area (Å²) in [7, 11) is 0. The Morgan fingerprint density at radius 1 is 1.22 bits per heavy atom. The maximum absolute atomic E-state index is 12.2. The number of imide groups is 1. The van der Waals surface area contributed by atoms with E-state index in [0.717, 1.165) is 32.1 Å². The summed E-state index contributed by atoms with van der Waals surface area (Å²) in [5.74, 6) is 0.542. The van der Waals surface area contributed by atoms with Crippen molar-refractivity contribution in [1.82, 2.24) is 4.90 Å². The minimum atomic E-state index is -0.393. The minimum absolute atomic E-state index is 0.00273. The van der Waals surface area contributed by atoms with Crippen LogP contribution in [0.25, 0.3) is 0 Å². The van der Waals surface area contributed by atoms with E-state index in [2.05, 4.69) is 6.92 Å². The van der Waals surface area contributed by atoms with Crippen molar-refractivity contribution in [3.63, 3.8) is 0 Å². The minimum Gasteiger partial charge on any atom is -0.328 e. The van der Waals surface area contributed by atoms with E-state index in [-0.39, 0.29) is 11.8 Å². The van der Waals surface area contributed by atoms with Crippen LogP contribution in [0.5, 0.6) is 0 Å². The van der Waals surface area contributed by atoms with Gasteiger partial charge in [0.15, 0.2) is 0 Å². The average Bonchev–Trinajstić information content (AvgIpc) is 2.50. The predicted molar refractivity (Wildman–Crippen MR) is 69.7 cm³/mol. The maximum atomic E-state index is 12.2. The van der Waals surface area contributed by atoms with Crippen LogP contribution in [0.2, 0.25) is 0 Å². The molecular weight excluding hydrogens is 228 g/mol. The van der Waals surface area contributed by atoms with Crippen molar-refractivity contribution in [2.24, 2.45) is 11.7 Å². The van der Waals surface area contributed by atoms with Crippen LogP contribution in [0.1, 0.15) is 58.3 Å². The number of rotatable bonds is 2. The number of carbonyl (C=O) groups is 2. The third-order valence-electron chi connectivity index (χ3n) is 4.45. The first kappa shape index (κ1) is 13.5. The second kappa shape index (κ2) is 5.39. The zero-order valence-corrected chi connectivity index (χ0v) is 11.3. The Hall–Kier alpha value is -0.900. The smallest absolute Gasteiger partial charge is 0.229 e. The Bertz CT molecular complexity index is 325. The van der Waals surface area contributed by atoms with Crippen LogP contribution >= 0.6 is 0 Å². The van der Waals surface area contributed by atoms with Gasteiger partial charge >= 0.3 is 0 Å². The first-order valence-corrected chi connectivity index (χ1v) is 7.15. The summed E-state index contributed by atoms with van der Waals surface area (Å²) in [4.78, 5) is 26.0. The highest BCUT2D eigenvalue weighted by Crippen LogP contribution is 2.38. The highest BCUT2D eigenvalue weighted by molar-refractivity contribution is 5.97. The van der Waals surface area contributed by atoms with E-state index in [1.54, 1.807) is 4.90 Å². The van der Waals surface area contributed by atoms with Crippen LogP contribution in [0.4, 0.5) is 0 Å². The molecule has 0 aromatic carbocycles. The molecule has 2 N–H and O–H groups in total. The van der Waals surface area contributed by atoms with Gasteiger partial charge in [0.25, 0.3) is 0 Å². The molecule has 2 fully saturated rings. The topological polar surface area (TPSA) is 63.4 Å². The van der Waals surface area contributed by atoms with Crippen molar-refractivity contribution in [2.45, 2.75) is 63.8 Å². The highest BCUT2D eigenvalue weighted by atomic mass is 16.2. The van der Waals surface area contributed by atoms with Crippen molar-refractivity contribution in [1.29, 1.82) is 0 Å². The van der Waals surface area contributed by atoms with Gasteiger partial charge in [-0.15, -0.1) is 0 Å². The molecule has 1 saturated carbocycles. The van der Waals surface area contributed by atoms with E-state index in [1.165, 1.54) is 6.42 Å². The van der Waals surface area contributed by atoms with Crippen LogP contribution in [0.3, 0.4) is 0 Å². The molecule has 2 aliphatic rings. The molecule has 0 radical (unpaired) electrons. The molecule has 0 aromatic rings. The monoisotopic (exact) mass is 252 g/mol. The van der Waals surface area contributed by atoms with Crippen molar-refractivity contribution in [3.8, 4) is 0 Å². The van der Waals surface area contributed by atoms with E-state index in [4.69, 9.17) is 5.73 Å². The Labute approximate surface area is 109 Å². The molecule has 1 heterocycles. The van der Waals surface area contributed by atoms with Gasteiger partial charge in [0.1, 0.15) is 0 Å². The zero-order chi connectivity index (χ0) is 13.2. The second-order valence-electron chi connectivity index (χ2n) is 5.96. The number of hydrogen-bond acceptors (Lipinski definition) is 3. The molecule has 1 saturated heterocycles. The fraction of sp³-hybridized carbons (Fsp3) is 0.857. The number of hydrogen-bond donors (Lipinski definition) is 1.